The first-order valence-electron chi connectivity index (χ1n) is 16.9. The first kappa shape index (κ1) is 34.9. The fourth-order valence-electron chi connectivity index (χ4n) is 5.27. The molecule has 0 heteroatoms. The van der Waals surface area contributed by atoms with E-state index in [-0.39, 0.29) is 0 Å². The lowest BCUT2D eigenvalue weighted by Gasteiger charge is -2.01. The molecule has 0 fully saturated rings. The molecule has 0 saturated carbocycles. The van der Waals surface area contributed by atoms with E-state index < -0.39 is 0 Å². The lowest BCUT2D eigenvalue weighted by Crippen LogP contribution is -1.86. The van der Waals surface area contributed by atoms with Crippen LogP contribution < -0.4 is 0 Å². The SMILES string of the molecule is C(#Cc1cccc2ccccc12)c1cc(C#Cc2cccc3ccccc23)cc(C#Cc2cccc3ccccc23)c1.CC.CC.CC. The monoisotopic (exact) mass is 618 g/mol. The molecule has 0 heterocycles. The van der Waals surface area contributed by atoms with Crippen LogP contribution in [0.1, 0.15) is 74.9 Å². The topological polar surface area (TPSA) is 0 Å². The van der Waals surface area contributed by atoms with E-state index in [4.69, 9.17) is 0 Å². The molecule has 7 aromatic carbocycles. The van der Waals surface area contributed by atoms with E-state index in [9.17, 15) is 0 Å². The smallest absolute Gasteiger partial charge is 0.0327 e. The van der Waals surface area contributed by atoms with Crippen LogP contribution in [0.2, 0.25) is 0 Å². The zero-order valence-corrected chi connectivity index (χ0v) is 28.9. The molecule has 0 nitrogen and oxygen atoms in total. The fourth-order valence-corrected chi connectivity index (χ4v) is 5.27. The van der Waals surface area contributed by atoms with E-state index in [0.29, 0.717) is 0 Å². The van der Waals surface area contributed by atoms with Crippen molar-refractivity contribution in [2.45, 2.75) is 41.5 Å². The molecule has 0 amide bonds. The largest absolute Gasteiger partial charge is 0.0683 e. The molecule has 0 N–H and O–H groups in total. The van der Waals surface area contributed by atoms with Crippen LogP contribution in [0.15, 0.2) is 146 Å². The molecule has 0 unspecified atom stereocenters. The predicted molar refractivity (Wildman–Crippen MR) is 210 cm³/mol. The van der Waals surface area contributed by atoms with Crippen LogP contribution in [0.3, 0.4) is 0 Å². The van der Waals surface area contributed by atoms with Crippen molar-refractivity contribution >= 4 is 32.3 Å². The van der Waals surface area contributed by atoms with Gasteiger partial charge >= 0.3 is 0 Å². The Hall–Kier alpha value is -6.00. The Morgan fingerprint density at radius 3 is 0.812 bits per heavy atom. The number of fused-ring (bicyclic) bond motifs is 3. The van der Waals surface area contributed by atoms with Gasteiger partial charge in [0.2, 0.25) is 0 Å². The van der Waals surface area contributed by atoms with Gasteiger partial charge in [-0.25, -0.2) is 0 Å². The van der Waals surface area contributed by atoms with Gasteiger partial charge in [0.05, 0.1) is 0 Å². The van der Waals surface area contributed by atoms with Crippen LogP contribution in [0.5, 0.6) is 0 Å². The van der Waals surface area contributed by atoms with Crippen LogP contribution in [0, 0.1) is 35.5 Å². The molecular weight excluding hydrogens is 577 g/mol. The van der Waals surface area contributed by atoms with Crippen molar-refractivity contribution in [1.82, 2.24) is 0 Å². The van der Waals surface area contributed by atoms with Gasteiger partial charge in [0.25, 0.3) is 0 Å². The van der Waals surface area contributed by atoms with Crippen LogP contribution in [-0.2, 0) is 0 Å². The standard InChI is InChI=1S/C42H24.3C2H6/c1-4-19-40-34(10-1)13-7-16-37(40)25-22-31-28-32(23-26-38-17-8-14-35-11-2-5-20-41(35)38)30-33(29-31)24-27-39-18-9-15-36-12-3-6-21-42(36)39;3*1-2/h1-21,28-30H;3*1-2H3. The summed E-state index contributed by atoms with van der Waals surface area (Å²) in [6, 6.07) is 49.9. The van der Waals surface area contributed by atoms with Crippen LogP contribution in [-0.4, -0.2) is 0 Å². The molecule has 0 spiro atoms. The van der Waals surface area contributed by atoms with Gasteiger partial charge in [-0.2, -0.15) is 0 Å². The second-order valence-electron chi connectivity index (χ2n) is 10.1. The second kappa shape index (κ2) is 18.2. The van der Waals surface area contributed by atoms with Crippen molar-refractivity contribution in [2.75, 3.05) is 0 Å². The minimum Gasteiger partial charge on any atom is -0.0683 e. The Morgan fingerprint density at radius 2 is 0.521 bits per heavy atom. The first-order chi connectivity index (χ1) is 23.8. The van der Waals surface area contributed by atoms with Gasteiger partial charge < -0.3 is 0 Å². The molecule has 0 bridgehead atoms. The minimum absolute atomic E-state index is 0.884. The maximum absolute atomic E-state index is 3.41. The molecule has 0 saturated heterocycles. The summed E-state index contributed by atoms with van der Waals surface area (Å²) in [6.07, 6.45) is 0. The summed E-state index contributed by atoms with van der Waals surface area (Å²) in [5, 5.41) is 6.99. The van der Waals surface area contributed by atoms with E-state index in [2.05, 4.69) is 181 Å². The van der Waals surface area contributed by atoms with Gasteiger partial charge in [-0.1, -0.05) is 186 Å². The highest BCUT2D eigenvalue weighted by atomic mass is 14.0. The van der Waals surface area contributed by atoms with E-state index in [1.807, 2.05) is 41.5 Å². The number of benzene rings is 7. The average molecular weight is 619 g/mol. The molecule has 0 aliphatic heterocycles. The zero-order valence-electron chi connectivity index (χ0n) is 28.9. The Bertz CT molecular complexity index is 2030. The number of hydrogen-bond acceptors (Lipinski definition) is 0. The maximum atomic E-state index is 3.41. The highest BCUT2D eigenvalue weighted by molar-refractivity contribution is 5.90. The van der Waals surface area contributed by atoms with E-state index >= 15 is 0 Å². The van der Waals surface area contributed by atoms with E-state index in [1.165, 1.54) is 16.2 Å². The molecule has 0 atom stereocenters. The molecule has 234 valence electrons. The third-order valence-electron chi connectivity index (χ3n) is 7.33. The molecule has 0 radical (unpaired) electrons. The van der Waals surface area contributed by atoms with E-state index in [0.717, 1.165) is 49.5 Å². The molecule has 7 rings (SSSR count). The summed E-state index contributed by atoms with van der Waals surface area (Å²) < 4.78 is 0. The van der Waals surface area contributed by atoms with Crippen molar-refractivity contribution in [3.8, 4) is 35.5 Å². The Kier molecular flexibility index (Phi) is 13.2. The van der Waals surface area contributed by atoms with Gasteiger partial charge in [0.15, 0.2) is 0 Å². The van der Waals surface area contributed by atoms with E-state index in [1.54, 1.807) is 0 Å². The normalized spacial score (nSPS) is 9.38. The van der Waals surface area contributed by atoms with Crippen molar-refractivity contribution in [2.24, 2.45) is 0 Å². The van der Waals surface area contributed by atoms with Crippen LogP contribution in [0.4, 0.5) is 0 Å². The summed E-state index contributed by atoms with van der Waals surface area (Å²) in [4.78, 5) is 0. The maximum Gasteiger partial charge on any atom is 0.0327 e. The lowest BCUT2D eigenvalue weighted by atomic mass is 10.0. The third-order valence-corrected chi connectivity index (χ3v) is 7.33. The Balaban J connectivity index is 0.000000823. The van der Waals surface area contributed by atoms with Crippen molar-refractivity contribution < 1.29 is 0 Å². The minimum atomic E-state index is 0.884. The van der Waals surface area contributed by atoms with Gasteiger partial charge in [0, 0.05) is 33.4 Å². The van der Waals surface area contributed by atoms with Gasteiger partial charge in [-0.3, -0.25) is 0 Å². The quantitative estimate of drug-likeness (QED) is 0.148. The van der Waals surface area contributed by atoms with Crippen molar-refractivity contribution in [3.63, 3.8) is 0 Å². The Labute approximate surface area is 287 Å². The molecule has 0 aliphatic rings. The second-order valence-corrected chi connectivity index (χ2v) is 10.1. The Morgan fingerprint density at radius 1 is 0.271 bits per heavy atom. The average Bonchev–Trinajstić information content (AvgIpc) is 3.17. The van der Waals surface area contributed by atoms with Crippen molar-refractivity contribution in [3.05, 3.63) is 179 Å². The number of hydrogen-bond donors (Lipinski definition) is 0. The van der Waals surface area contributed by atoms with Gasteiger partial charge in [-0.15, -0.1) is 0 Å². The highest BCUT2D eigenvalue weighted by Gasteiger charge is 2.02. The first-order valence-corrected chi connectivity index (χ1v) is 16.9. The molecule has 48 heavy (non-hydrogen) atoms. The fraction of sp³-hybridized carbons (Fsp3) is 0.125. The number of rotatable bonds is 0. The lowest BCUT2D eigenvalue weighted by molar-refractivity contribution is 1.50. The van der Waals surface area contributed by atoms with Gasteiger partial charge in [0.1, 0.15) is 0 Å². The third kappa shape index (κ3) is 8.62. The summed E-state index contributed by atoms with van der Waals surface area (Å²) >= 11 is 0. The van der Waals surface area contributed by atoms with Crippen LogP contribution >= 0.6 is 0 Å². The molecule has 0 aliphatic carbocycles. The predicted octanol–water partition coefficient (Wildman–Crippen LogP) is 12.4. The van der Waals surface area contributed by atoms with Crippen molar-refractivity contribution in [1.29, 1.82) is 0 Å². The molecular formula is C48H42. The summed E-state index contributed by atoms with van der Waals surface area (Å²) in [7, 11) is 0. The summed E-state index contributed by atoms with van der Waals surface area (Å²) in [5.41, 5.74) is 5.66. The molecule has 0 aromatic heterocycles. The highest BCUT2D eigenvalue weighted by Crippen LogP contribution is 2.20. The van der Waals surface area contributed by atoms with Crippen LogP contribution in [0.25, 0.3) is 32.3 Å². The summed E-state index contributed by atoms with van der Waals surface area (Å²) in [5.74, 6) is 20.4. The molecule has 7 aromatic rings. The van der Waals surface area contributed by atoms with Gasteiger partial charge in [-0.05, 0) is 68.7 Å². The summed E-state index contributed by atoms with van der Waals surface area (Å²) in [6.45, 7) is 12.0. The zero-order chi connectivity index (χ0) is 34.1.